The normalized spacial score (nSPS) is 14.9. The largest absolute Gasteiger partial charge is 0.391 e. The van der Waals surface area contributed by atoms with Gasteiger partial charge < -0.3 is 14.8 Å². The first-order chi connectivity index (χ1) is 14.6. The Bertz CT molecular complexity index is 1030. The standard InChI is InChI=1S/C23H29N3O3S/c1-29-12-11-26(14-17(27)13-16-7-3-2-4-8-16)15-20-24-22(28)21-18-9-5-6-10-19(18)30-23(21)25-20/h2-4,7-8,17,27H,5-6,9-15H2,1H3,(H,24,25,28)/t17-/m1/s1. The number of aromatic amines is 1. The average Bonchev–Trinajstić information content (AvgIpc) is 3.11. The summed E-state index contributed by atoms with van der Waals surface area (Å²) in [6.07, 6.45) is 4.44. The molecule has 7 heteroatoms. The van der Waals surface area contributed by atoms with Gasteiger partial charge in [-0.1, -0.05) is 30.3 Å². The number of aliphatic hydroxyl groups excluding tert-OH is 1. The van der Waals surface area contributed by atoms with Crippen molar-refractivity contribution in [3.63, 3.8) is 0 Å². The third-order valence-corrected chi connectivity index (χ3v) is 6.83. The summed E-state index contributed by atoms with van der Waals surface area (Å²) in [6, 6.07) is 9.98. The van der Waals surface area contributed by atoms with E-state index in [1.54, 1.807) is 18.4 Å². The molecule has 6 nitrogen and oxygen atoms in total. The second-order valence-corrected chi connectivity index (χ2v) is 9.06. The number of hydrogen-bond acceptors (Lipinski definition) is 6. The topological polar surface area (TPSA) is 78.5 Å². The van der Waals surface area contributed by atoms with E-state index in [-0.39, 0.29) is 5.56 Å². The van der Waals surface area contributed by atoms with Crippen molar-refractivity contribution in [1.29, 1.82) is 0 Å². The number of aliphatic hydroxyl groups is 1. The van der Waals surface area contributed by atoms with Crippen LogP contribution in [0.3, 0.4) is 0 Å². The van der Waals surface area contributed by atoms with Crippen LogP contribution in [0, 0.1) is 0 Å². The molecular formula is C23H29N3O3S. The molecule has 0 aliphatic heterocycles. The Morgan fingerprint density at radius 1 is 1.27 bits per heavy atom. The minimum Gasteiger partial charge on any atom is -0.391 e. The molecule has 1 atom stereocenters. The number of thiophene rings is 1. The van der Waals surface area contributed by atoms with Crippen LogP contribution in [0.5, 0.6) is 0 Å². The molecule has 0 saturated heterocycles. The summed E-state index contributed by atoms with van der Waals surface area (Å²) in [5.74, 6) is 0.647. The number of methoxy groups -OCH3 is 1. The van der Waals surface area contributed by atoms with Gasteiger partial charge in [-0.25, -0.2) is 4.98 Å². The monoisotopic (exact) mass is 427 g/mol. The van der Waals surface area contributed by atoms with Gasteiger partial charge in [-0.15, -0.1) is 11.3 Å². The molecule has 0 unspecified atom stereocenters. The molecule has 2 aromatic heterocycles. The molecule has 3 aromatic rings. The lowest BCUT2D eigenvalue weighted by Gasteiger charge is -2.24. The fourth-order valence-electron chi connectivity index (χ4n) is 4.20. The second kappa shape index (κ2) is 9.83. The molecule has 160 valence electrons. The zero-order valence-electron chi connectivity index (χ0n) is 17.4. The quantitative estimate of drug-likeness (QED) is 0.549. The van der Waals surface area contributed by atoms with Crippen molar-refractivity contribution in [2.45, 2.75) is 44.8 Å². The first-order valence-corrected chi connectivity index (χ1v) is 11.4. The second-order valence-electron chi connectivity index (χ2n) is 7.98. The predicted octanol–water partition coefficient (Wildman–Crippen LogP) is 2.92. The van der Waals surface area contributed by atoms with Crippen LogP contribution in [0.1, 0.15) is 34.7 Å². The number of H-pyrrole nitrogens is 1. The summed E-state index contributed by atoms with van der Waals surface area (Å²) in [7, 11) is 1.67. The van der Waals surface area contributed by atoms with E-state index < -0.39 is 6.10 Å². The number of hydrogen-bond donors (Lipinski definition) is 2. The number of rotatable bonds is 9. The van der Waals surface area contributed by atoms with Gasteiger partial charge in [-0.05, 0) is 43.2 Å². The van der Waals surface area contributed by atoms with E-state index >= 15 is 0 Å². The average molecular weight is 428 g/mol. The summed E-state index contributed by atoms with van der Waals surface area (Å²) in [4.78, 5) is 24.8. The van der Waals surface area contributed by atoms with Crippen molar-refractivity contribution >= 4 is 21.6 Å². The molecule has 1 aromatic carbocycles. The fourth-order valence-corrected chi connectivity index (χ4v) is 5.48. The van der Waals surface area contributed by atoms with Crippen molar-refractivity contribution < 1.29 is 9.84 Å². The van der Waals surface area contributed by atoms with Crippen molar-refractivity contribution in [1.82, 2.24) is 14.9 Å². The highest BCUT2D eigenvalue weighted by Gasteiger charge is 2.21. The summed E-state index contributed by atoms with van der Waals surface area (Å²) < 4.78 is 5.25. The van der Waals surface area contributed by atoms with Gasteiger partial charge in [-0.2, -0.15) is 0 Å². The van der Waals surface area contributed by atoms with Gasteiger partial charge in [0.25, 0.3) is 5.56 Å². The zero-order valence-corrected chi connectivity index (χ0v) is 18.2. The maximum Gasteiger partial charge on any atom is 0.259 e. The Morgan fingerprint density at radius 3 is 2.87 bits per heavy atom. The number of aromatic nitrogens is 2. The third kappa shape index (κ3) is 4.98. The van der Waals surface area contributed by atoms with Crippen molar-refractivity contribution in [3.05, 3.63) is 62.5 Å². The fraction of sp³-hybridized carbons (Fsp3) is 0.478. The number of nitrogens with one attached hydrogen (secondary N) is 1. The van der Waals surface area contributed by atoms with Crippen LogP contribution < -0.4 is 5.56 Å². The van der Waals surface area contributed by atoms with E-state index in [0.29, 0.717) is 38.5 Å². The molecule has 2 heterocycles. The highest BCUT2D eigenvalue weighted by atomic mass is 32.1. The van der Waals surface area contributed by atoms with E-state index in [1.807, 2.05) is 30.3 Å². The summed E-state index contributed by atoms with van der Waals surface area (Å²) in [5.41, 5.74) is 2.27. The maximum absolute atomic E-state index is 12.8. The molecule has 0 amide bonds. The minimum atomic E-state index is -0.506. The third-order valence-electron chi connectivity index (χ3n) is 5.64. The van der Waals surface area contributed by atoms with Crippen LogP contribution in [-0.4, -0.2) is 52.9 Å². The van der Waals surface area contributed by atoms with Crippen molar-refractivity contribution in [3.8, 4) is 0 Å². The first-order valence-electron chi connectivity index (χ1n) is 10.6. The molecular weight excluding hydrogens is 398 g/mol. The van der Waals surface area contributed by atoms with Gasteiger partial charge in [0.05, 0.1) is 24.6 Å². The molecule has 0 radical (unpaired) electrons. The number of ether oxygens (including phenoxy) is 1. The number of aryl methyl sites for hydroxylation is 2. The molecule has 0 spiro atoms. The Kier molecular flexibility index (Phi) is 6.94. The van der Waals surface area contributed by atoms with Crippen LogP contribution in [-0.2, 0) is 30.5 Å². The van der Waals surface area contributed by atoms with Gasteiger partial charge in [0.1, 0.15) is 10.7 Å². The van der Waals surface area contributed by atoms with Gasteiger partial charge in [0.15, 0.2) is 0 Å². The Labute approximate surface area is 180 Å². The number of fused-ring (bicyclic) bond motifs is 3. The van der Waals surface area contributed by atoms with Crippen molar-refractivity contribution in [2.75, 3.05) is 26.8 Å². The van der Waals surface area contributed by atoms with Gasteiger partial charge in [-0.3, -0.25) is 9.69 Å². The lowest BCUT2D eigenvalue weighted by atomic mass is 9.97. The molecule has 0 bridgehead atoms. The summed E-state index contributed by atoms with van der Waals surface area (Å²) >= 11 is 1.66. The highest BCUT2D eigenvalue weighted by Crippen LogP contribution is 2.33. The lowest BCUT2D eigenvalue weighted by molar-refractivity contribution is 0.0837. The Balaban J connectivity index is 1.51. The van der Waals surface area contributed by atoms with Crippen LogP contribution in [0.2, 0.25) is 0 Å². The molecule has 0 saturated carbocycles. The predicted molar refractivity (Wildman–Crippen MR) is 120 cm³/mol. The van der Waals surface area contributed by atoms with Crippen molar-refractivity contribution in [2.24, 2.45) is 0 Å². The van der Waals surface area contributed by atoms with E-state index in [4.69, 9.17) is 9.72 Å². The lowest BCUT2D eigenvalue weighted by Crippen LogP contribution is -2.36. The SMILES string of the molecule is COCCN(Cc1nc2sc3c(c2c(=O)[nH]1)CCCC3)C[C@H](O)Cc1ccccc1. The van der Waals surface area contributed by atoms with Crippen LogP contribution in [0.25, 0.3) is 10.2 Å². The molecule has 4 rings (SSSR count). The zero-order chi connectivity index (χ0) is 20.9. The van der Waals surface area contributed by atoms with E-state index in [1.165, 1.54) is 16.9 Å². The van der Waals surface area contributed by atoms with Gasteiger partial charge in [0, 0.05) is 25.1 Å². The minimum absolute atomic E-state index is 0.0362. The summed E-state index contributed by atoms with van der Waals surface area (Å²) in [6.45, 7) is 2.17. The van der Waals surface area contributed by atoms with E-state index in [9.17, 15) is 9.90 Å². The Hall–Kier alpha value is -2.06. The van der Waals surface area contributed by atoms with Crippen LogP contribution >= 0.6 is 11.3 Å². The van der Waals surface area contributed by atoms with Gasteiger partial charge in [0.2, 0.25) is 0 Å². The molecule has 30 heavy (non-hydrogen) atoms. The Morgan fingerprint density at radius 2 is 2.07 bits per heavy atom. The van der Waals surface area contributed by atoms with Crippen LogP contribution in [0.15, 0.2) is 35.1 Å². The number of benzene rings is 1. The van der Waals surface area contributed by atoms with E-state index in [0.717, 1.165) is 35.0 Å². The molecule has 1 aliphatic carbocycles. The van der Waals surface area contributed by atoms with E-state index in [2.05, 4.69) is 9.88 Å². The summed E-state index contributed by atoms with van der Waals surface area (Å²) in [5, 5.41) is 11.4. The smallest absolute Gasteiger partial charge is 0.259 e. The molecule has 1 aliphatic rings. The molecule has 0 fully saturated rings. The highest BCUT2D eigenvalue weighted by molar-refractivity contribution is 7.18. The molecule has 2 N–H and O–H groups in total. The van der Waals surface area contributed by atoms with Crippen LogP contribution in [0.4, 0.5) is 0 Å². The maximum atomic E-state index is 12.8. The first kappa shape index (κ1) is 21.2. The number of nitrogens with zero attached hydrogens (tertiary/aromatic N) is 2. The van der Waals surface area contributed by atoms with Gasteiger partial charge >= 0.3 is 0 Å².